The summed E-state index contributed by atoms with van der Waals surface area (Å²) in [5.41, 5.74) is 0.476. The van der Waals surface area contributed by atoms with Gasteiger partial charge in [-0.15, -0.1) is 0 Å². The third kappa shape index (κ3) is 5.11. The molecule has 1 amide bonds. The van der Waals surface area contributed by atoms with E-state index in [1.807, 2.05) is 39.0 Å². The van der Waals surface area contributed by atoms with Gasteiger partial charge in [-0.3, -0.25) is 0 Å². The number of hydrogen-bond donors (Lipinski definition) is 0. The van der Waals surface area contributed by atoms with E-state index in [2.05, 4.69) is 15.9 Å². The van der Waals surface area contributed by atoms with E-state index in [1.54, 1.807) is 14.2 Å². The Morgan fingerprint density at radius 2 is 2.00 bits per heavy atom. The zero-order valence-corrected chi connectivity index (χ0v) is 13.6. The molecule has 0 aromatic heterocycles. The molecule has 1 aromatic carbocycles. The van der Waals surface area contributed by atoms with Crippen LogP contribution in [0.15, 0.2) is 22.7 Å². The number of hydrogen-bond acceptors (Lipinski definition) is 3. The van der Waals surface area contributed by atoms with Crippen LogP contribution < -0.4 is 4.74 Å². The highest BCUT2D eigenvalue weighted by Crippen LogP contribution is 2.24. The van der Waals surface area contributed by atoms with Crippen LogP contribution in [0.5, 0.6) is 5.75 Å². The lowest BCUT2D eigenvalue weighted by Gasteiger charge is -2.25. The van der Waals surface area contributed by atoms with Crippen molar-refractivity contribution in [2.45, 2.75) is 32.9 Å². The molecular weight excluding hydrogens is 310 g/mol. The fourth-order valence-electron chi connectivity index (χ4n) is 1.46. The smallest absolute Gasteiger partial charge is 0.410 e. The Balaban J connectivity index is 2.76. The molecule has 0 radical (unpaired) electrons. The first-order valence-corrected chi connectivity index (χ1v) is 6.79. The maximum Gasteiger partial charge on any atom is 0.410 e. The van der Waals surface area contributed by atoms with Crippen LogP contribution in [0.25, 0.3) is 0 Å². The highest BCUT2D eigenvalue weighted by Gasteiger charge is 2.20. The molecular formula is C14H20BrNO3. The van der Waals surface area contributed by atoms with Gasteiger partial charge in [0.25, 0.3) is 0 Å². The zero-order chi connectivity index (χ0) is 14.6. The summed E-state index contributed by atoms with van der Waals surface area (Å²) in [6.45, 7) is 5.99. The van der Waals surface area contributed by atoms with Crippen LogP contribution in [0.3, 0.4) is 0 Å². The predicted octanol–water partition coefficient (Wildman–Crippen LogP) is 3.82. The minimum atomic E-state index is -0.489. The number of rotatable bonds is 3. The highest BCUT2D eigenvalue weighted by molar-refractivity contribution is 9.10. The molecule has 1 aromatic rings. The number of halogens is 1. The summed E-state index contributed by atoms with van der Waals surface area (Å²) in [6.07, 6.45) is -0.345. The average Bonchev–Trinajstić information content (AvgIpc) is 2.29. The SMILES string of the molecule is COc1ccc(Br)c(CN(C)C(=O)OC(C)(C)C)c1. The van der Waals surface area contributed by atoms with Gasteiger partial charge in [0.1, 0.15) is 11.4 Å². The molecule has 0 atom stereocenters. The first kappa shape index (κ1) is 15.8. The molecule has 1 rings (SSSR count). The first-order valence-electron chi connectivity index (χ1n) is 5.99. The molecule has 0 spiro atoms. The summed E-state index contributed by atoms with van der Waals surface area (Å²) in [5.74, 6) is 0.760. The van der Waals surface area contributed by atoms with Crippen molar-refractivity contribution in [1.82, 2.24) is 4.90 Å². The van der Waals surface area contributed by atoms with Crippen molar-refractivity contribution in [2.75, 3.05) is 14.2 Å². The Morgan fingerprint density at radius 3 is 2.53 bits per heavy atom. The normalized spacial score (nSPS) is 11.1. The molecule has 0 aliphatic rings. The lowest BCUT2D eigenvalue weighted by Crippen LogP contribution is -2.33. The van der Waals surface area contributed by atoms with Crippen molar-refractivity contribution in [1.29, 1.82) is 0 Å². The number of carbonyl (C=O) groups excluding carboxylic acids is 1. The quantitative estimate of drug-likeness (QED) is 0.846. The maximum atomic E-state index is 11.9. The Hall–Kier alpha value is -1.23. The summed E-state index contributed by atoms with van der Waals surface area (Å²) in [6, 6.07) is 5.66. The number of nitrogens with zero attached hydrogens (tertiary/aromatic N) is 1. The average molecular weight is 330 g/mol. The molecule has 5 heteroatoms. The minimum Gasteiger partial charge on any atom is -0.497 e. The number of ether oxygens (including phenoxy) is 2. The lowest BCUT2D eigenvalue weighted by atomic mass is 10.2. The van der Waals surface area contributed by atoms with Gasteiger partial charge in [-0.1, -0.05) is 15.9 Å². The van der Waals surface area contributed by atoms with Crippen LogP contribution in [-0.2, 0) is 11.3 Å². The highest BCUT2D eigenvalue weighted by atomic mass is 79.9. The van der Waals surface area contributed by atoms with Gasteiger partial charge >= 0.3 is 6.09 Å². The van der Waals surface area contributed by atoms with Crippen molar-refractivity contribution in [3.8, 4) is 5.75 Å². The molecule has 0 fully saturated rings. The van der Waals surface area contributed by atoms with Crippen LogP contribution >= 0.6 is 15.9 Å². The second-order valence-corrected chi connectivity index (χ2v) is 6.15. The molecule has 19 heavy (non-hydrogen) atoms. The van der Waals surface area contributed by atoms with Gasteiger partial charge < -0.3 is 14.4 Å². The van der Waals surface area contributed by atoms with E-state index in [9.17, 15) is 4.79 Å². The van der Waals surface area contributed by atoms with Crippen LogP contribution in [0, 0.1) is 0 Å². The van der Waals surface area contributed by atoms with Gasteiger partial charge in [0.05, 0.1) is 7.11 Å². The van der Waals surface area contributed by atoms with E-state index >= 15 is 0 Å². The summed E-state index contributed by atoms with van der Waals surface area (Å²) < 4.78 is 11.4. The fourth-order valence-corrected chi connectivity index (χ4v) is 1.83. The molecule has 0 aliphatic carbocycles. The van der Waals surface area contributed by atoms with Crippen molar-refractivity contribution in [3.63, 3.8) is 0 Å². The number of amides is 1. The van der Waals surface area contributed by atoms with E-state index in [0.717, 1.165) is 15.8 Å². The Labute approximate surface area is 122 Å². The van der Waals surface area contributed by atoms with E-state index < -0.39 is 5.60 Å². The molecule has 0 aliphatic heterocycles. The zero-order valence-electron chi connectivity index (χ0n) is 12.0. The van der Waals surface area contributed by atoms with Crippen LogP contribution in [-0.4, -0.2) is 30.8 Å². The Morgan fingerprint density at radius 1 is 1.37 bits per heavy atom. The van der Waals surface area contributed by atoms with Crippen LogP contribution in [0.1, 0.15) is 26.3 Å². The molecule has 106 valence electrons. The third-order valence-corrected chi connectivity index (χ3v) is 3.14. The van der Waals surface area contributed by atoms with Crippen LogP contribution in [0.4, 0.5) is 4.79 Å². The standard InChI is InChI=1S/C14H20BrNO3/c1-14(2,3)19-13(17)16(4)9-10-8-11(18-5)6-7-12(10)15/h6-8H,9H2,1-5H3. The van der Waals surface area contributed by atoms with Crippen molar-refractivity contribution in [2.24, 2.45) is 0 Å². The Kier molecular flexibility index (Phi) is 5.23. The van der Waals surface area contributed by atoms with Gasteiger partial charge in [0.15, 0.2) is 0 Å². The predicted molar refractivity (Wildman–Crippen MR) is 78.4 cm³/mol. The van der Waals surface area contributed by atoms with Gasteiger partial charge in [0.2, 0.25) is 0 Å². The molecule has 0 bridgehead atoms. The fraction of sp³-hybridized carbons (Fsp3) is 0.500. The van der Waals surface area contributed by atoms with E-state index in [4.69, 9.17) is 9.47 Å². The Bertz CT molecular complexity index is 454. The second-order valence-electron chi connectivity index (χ2n) is 5.29. The van der Waals surface area contributed by atoms with Gasteiger partial charge in [0, 0.05) is 18.1 Å². The monoisotopic (exact) mass is 329 g/mol. The minimum absolute atomic E-state index is 0.345. The summed E-state index contributed by atoms with van der Waals surface area (Å²) in [7, 11) is 3.32. The number of benzene rings is 1. The van der Waals surface area contributed by atoms with Crippen molar-refractivity contribution >= 4 is 22.0 Å². The van der Waals surface area contributed by atoms with Crippen LogP contribution in [0.2, 0.25) is 0 Å². The molecule has 0 saturated heterocycles. The third-order valence-electron chi connectivity index (χ3n) is 2.37. The summed E-state index contributed by atoms with van der Waals surface area (Å²) in [4.78, 5) is 13.4. The number of methoxy groups -OCH3 is 1. The van der Waals surface area contributed by atoms with Gasteiger partial charge in [-0.25, -0.2) is 4.79 Å². The maximum absolute atomic E-state index is 11.9. The van der Waals surface area contributed by atoms with Crippen molar-refractivity contribution in [3.05, 3.63) is 28.2 Å². The summed E-state index contributed by atoms with van der Waals surface area (Å²) in [5, 5.41) is 0. The van der Waals surface area contributed by atoms with E-state index in [1.165, 1.54) is 4.90 Å². The van der Waals surface area contributed by atoms with Gasteiger partial charge in [-0.05, 0) is 44.5 Å². The largest absolute Gasteiger partial charge is 0.497 e. The molecule has 0 heterocycles. The molecule has 0 saturated carbocycles. The molecule has 0 N–H and O–H groups in total. The molecule has 4 nitrogen and oxygen atoms in total. The molecule has 0 unspecified atom stereocenters. The topological polar surface area (TPSA) is 38.8 Å². The summed E-state index contributed by atoms with van der Waals surface area (Å²) >= 11 is 3.46. The first-order chi connectivity index (χ1) is 8.73. The number of carbonyl (C=O) groups is 1. The van der Waals surface area contributed by atoms with E-state index in [0.29, 0.717) is 6.54 Å². The van der Waals surface area contributed by atoms with Crippen molar-refractivity contribution < 1.29 is 14.3 Å². The van der Waals surface area contributed by atoms with E-state index in [-0.39, 0.29) is 6.09 Å². The van der Waals surface area contributed by atoms with Gasteiger partial charge in [-0.2, -0.15) is 0 Å². The lowest BCUT2D eigenvalue weighted by molar-refractivity contribution is 0.0284. The second kappa shape index (κ2) is 6.28.